The molecule has 0 aliphatic carbocycles. The lowest BCUT2D eigenvalue weighted by Crippen LogP contribution is -2.30. The maximum Gasteiger partial charge on any atom is 0.220 e. The molecule has 3 nitrogen and oxygen atoms in total. The van der Waals surface area contributed by atoms with Crippen molar-refractivity contribution in [3.63, 3.8) is 0 Å². The van der Waals surface area contributed by atoms with Gasteiger partial charge in [-0.15, -0.1) is 0 Å². The average molecular weight is 340 g/mol. The lowest BCUT2D eigenvalue weighted by molar-refractivity contribution is -0.124. The van der Waals surface area contributed by atoms with Crippen LogP contribution in [0.5, 0.6) is 0 Å². The molecule has 0 heterocycles. The summed E-state index contributed by atoms with van der Waals surface area (Å²) in [5, 5.41) is 9.16. The Hall–Kier alpha value is -0.830. The maximum atomic E-state index is 11.4. The molecule has 0 radical (unpaired) electrons. The van der Waals surface area contributed by atoms with Crippen LogP contribution in [0.1, 0.15) is 97.3 Å². The summed E-state index contributed by atoms with van der Waals surface area (Å²) < 4.78 is 0. The van der Waals surface area contributed by atoms with Gasteiger partial charge in [0.2, 0.25) is 5.91 Å². The number of amides is 1. The molecule has 0 aromatic carbocycles. The summed E-state index contributed by atoms with van der Waals surface area (Å²) in [6, 6.07) is 0. The van der Waals surface area contributed by atoms with Crippen LogP contribution in [0.2, 0.25) is 0 Å². The largest absolute Gasteiger partial charge is 0.396 e. The van der Waals surface area contributed by atoms with Crippen molar-refractivity contribution in [3.8, 4) is 0 Å². The number of rotatable bonds is 17. The molecule has 2 atom stereocenters. The van der Waals surface area contributed by atoms with Gasteiger partial charge in [0.05, 0.1) is 0 Å². The lowest BCUT2D eigenvalue weighted by atomic mass is 9.89. The second-order valence-electron chi connectivity index (χ2n) is 7.19. The summed E-state index contributed by atoms with van der Waals surface area (Å²) >= 11 is 0. The third-order valence-electron chi connectivity index (χ3n) is 4.87. The molecule has 0 aliphatic rings. The average Bonchev–Trinajstić information content (AvgIpc) is 2.57. The van der Waals surface area contributed by atoms with Crippen LogP contribution in [0.25, 0.3) is 0 Å². The quantitative estimate of drug-likeness (QED) is 0.277. The molecule has 142 valence electrons. The highest BCUT2D eigenvalue weighted by atomic mass is 16.3. The van der Waals surface area contributed by atoms with E-state index < -0.39 is 0 Å². The molecule has 1 amide bonds. The minimum atomic E-state index is -0.266. The zero-order valence-electron chi connectivity index (χ0n) is 16.1. The summed E-state index contributed by atoms with van der Waals surface area (Å²) in [5.41, 5.74) is 5.41. The Labute approximate surface area is 150 Å². The zero-order valence-corrected chi connectivity index (χ0v) is 16.1. The summed E-state index contributed by atoms with van der Waals surface area (Å²) in [7, 11) is 0. The number of nitrogens with two attached hydrogens (primary N) is 1. The van der Waals surface area contributed by atoms with E-state index in [0.29, 0.717) is 0 Å². The van der Waals surface area contributed by atoms with Crippen LogP contribution >= 0.6 is 0 Å². The number of hydrogen-bond acceptors (Lipinski definition) is 2. The second kappa shape index (κ2) is 17.0. The van der Waals surface area contributed by atoms with E-state index in [1.807, 2.05) is 6.92 Å². The molecule has 0 aromatic rings. The van der Waals surface area contributed by atoms with Gasteiger partial charge in [0.15, 0.2) is 0 Å². The highest BCUT2D eigenvalue weighted by Gasteiger charge is 2.21. The van der Waals surface area contributed by atoms with Crippen molar-refractivity contribution in [1.29, 1.82) is 0 Å². The highest BCUT2D eigenvalue weighted by Crippen LogP contribution is 2.19. The van der Waals surface area contributed by atoms with Gasteiger partial charge in [0.1, 0.15) is 0 Å². The molecule has 3 heteroatoms. The first kappa shape index (κ1) is 23.2. The number of allylic oxidation sites excluding steroid dienone is 2. The summed E-state index contributed by atoms with van der Waals surface area (Å²) in [6.07, 6.45) is 20.7. The summed E-state index contributed by atoms with van der Waals surface area (Å²) in [6.45, 7) is 4.19. The van der Waals surface area contributed by atoms with Gasteiger partial charge in [-0.05, 0) is 38.0 Å². The van der Waals surface area contributed by atoms with Crippen molar-refractivity contribution in [2.24, 2.45) is 17.6 Å². The minimum absolute atomic E-state index is 0.0174. The molecular formula is C21H41NO2. The van der Waals surface area contributed by atoms with E-state index in [0.717, 1.165) is 19.3 Å². The fourth-order valence-electron chi connectivity index (χ4n) is 3.09. The zero-order chi connectivity index (χ0) is 18.0. The van der Waals surface area contributed by atoms with Gasteiger partial charge in [0.25, 0.3) is 0 Å². The first-order valence-corrected chi connectivity index (χ1v) is 10.2. The Kier molecular flexibility index (Phi) is 16.4. The van der Waals surface area contributed by atoms with Gasteiger partial charge in [-0.3, -0.25) is 4.79 Å². The summed E-state index contributed by atoms with van der Waals surface area (Å²) in [5.74, 6) is -0.452. The topological polar surface area (TPSA) is 63.3 Å². The molecule has 3 N–H and O–H groups in total. The lowest BCUT2D eigenvalue weighted by Gasteiger charge is -2.18. The predicted octanol–water partition coefficient (Wildman–Crippen LogP) is 5.36. The van der Waals surface area contributed by atoms with Crippen molar-refractivity contribution in [3.05, 3.63) is 12.2 Å². The monoisotopic (exact) mass is 339 g/mol. The predicted molar refractivity (Wildman–Crippen MR) is 104 cm³/mol. The highest BCUT2D eigenvalue weighted by molar-refractivity contribution is 5.76. The molecule has 0 spiro atoms. The van der Waals surface area contributed by atoms with E-state index in [1.54, 1.807) is 0 Å². The van der Waals surface area contributed by atoms with Gasteiger partial charge in [-0.2, -0.15) is 0 Å². The Bertz CT molecular complexity index is 315. The fourth-order valence-corrected chi connectivity index (χ4v) is 3.09. The molecule has 0 bridgehead atoms. The molecule has 24 heavy (non-hydrogen) atoms. The standard InChI is InChI=1S/C21H41NO2/c1-3-4-5-6-7-8-9-10-11-12-13-14-15-16-17-20(21(22)24)19(2)18-23/h8-9,19-20,23H,3-7,10-18H2,1-2H3,(H2,22,24)/b9-8-. The maximum absolute atomic E-state index is 11.4. The van der Waals surface area contributed by atoms with Crippen molar-refractivity contribution < 1.29 is 9.90 Å². The molecule has 0 saturated heterocycles. The SMILES string of the molecule is CCCCCC/C=C\CCCCCCCCC(C(N)=O)C(C)CO. The Morgan fingerprint density at radius 1 is 0.917 bits per heavy atom. The first-order chi connectivity index (χ1) is 11.6. The van der Waals surface area contributed by atoms with Crippen LogP contribution in [-0.4, -0.2) is 17.6 Å². The molecule has 0 fully saturated rings. The summed E-state index contributed by atoms with van der Waals surface area (Å²) in [4.78, 5) is 11.4. The van der Waals surface area contributed by atoms with Crippen LogP contribution in [0.15, 0.2) is 12.2 Å². The van der Waals surface area contributed by atoms with E-state index in [4.69, 9.17) is 10.8 Å². The van der Waals surface area contributed by atoms with Crippen LogP contribution in [0, 0.1) is 11.8 Å². The molecular weight excluding hydrogens is 298 g/mol. The van der Waals surface area contributed by atoms with Crippen molar-refractivity contribution in [2.75, 3.05) is 6.61 Å². The normalized spacial score (nSPS) is 14.1. The van der Waals surface area contributed by atoms with Crippen LogP contribution < -0.4 is 5.73 Å². The number of aliphatic hydroxyl groups excluding tert-OH is 1. The number of primary amides is 1. The minimum Gasteiger partial charge on any atom is -0.396 e. The van der Waals surface area contributed by atoms with Gasteiger partial charge in [-0.1, -0.05) is 77.4 Å². The number of hydrogen-bond donors (Lipinski definition) is 2. The Morgan fingerprint density at radius 3 is 1.92 bits per heavy atom. The number of unbranched alkanes of at least 4 members (excludes halogenated alkanes) is 10. The van der Waals surface area contributed by atoms with E-state index >= 15 is 0 Å². The van der Waals surface area contributed by atoms with Gasteiger partial charge >= 0.3 is 0 Å². The smallest absolute Gasteiger partial charge is 0.220 e. The van der Waals surface area contributed by atoms with Gasteiger partial charge in [0, 0.05) is 12.5 Å². The number of aliphatic hydroxyl groups is 1. The van der Waals surface area contributed by atoms with E-state index in [9.17, 15) is 4.79 Å². The number of carbonyl (C=O) groups is 1. The van der Waals surface area contributed by atoms with Crippen LogP contribution in [0.4, 0.5) is 0 Å². The van der Waals surface area contributed by atoms with Crippen molar-refractivity contribution >= 4 is 5.91 Å². The van der Waals surface area contributed by atoms with E-state index in [2.05, 4.69) is 19.1 Å². The molecule has 0 aliphatic heterocycles. The van der Waals surface area contributed by atoms with Crippen LogP contribution in [0.3, 0.4) is 0 Å². The Morgan fingerprint density at radius 2 is 1.42 bits per heavy atom. The molecule has 0 rings (SSSR count). The molecule has 0 aromatic heterocycles. The fraction of sp³-hybridized carbons (Fsp3) is 0.857. The third kappa shape index (κ3) is 13.6. The third-order valence-corrected chi connectivity index (χ3v) is 4.87. The van der Waals surface area contributed by atoms with Gasteiger partial charge in [-0.25, -0.2) is 0 Å². The molecule has 0 saturated carbocycles. The second-order valence-corrected chi connectivity index (χ2v) is 7.19. The van der Waals surface area contributed by atoms with E-state index in [1.165, 1.54) is 64.2 Å². The van der Waals surface area contributed by atoms with Crippen molar-refractivity contribution in [1.82, 2.24) is 0 Å². The van der Waals surface area contributed by atoms with Gasteiger partial charge < -0.3 is 10.8 Å². The molecule has 2 unspecified atom stereocenters. The van der Waals surface area contributed by atoms with E-state index in [-0.39, 0.29) is 24.3 Å². The first-order valence-electron chi connectivity index (χ1n) is 10.2. The number of carbonyl (C=O) groups excluding carboxylic acids is 1. The van der Waals surface area contributed by atoms with Crippen LogP contribution in [-0.2, 0) is 4.79 Å². The Balaban J connectivity index is 3.41. The van der Waals surface area contributed by atoms with Crippen molar-refractivity contribution in [2.45, 2.75) is 97.3 Å².